The molecule has 0 saturated heterocycles. The molecule has 2 aromatic rings. The van der Waals surface area contributed by atoms with Gasteiger partial charge in [0.2, 0.25) is 4.96 Å². The SMILES string of the molecule is CCC(CC)(CNCc1c(C(C)C)nc2sc(C)nn12)C(=O)O. The highest BCUT2D eigenvalue weighted by molar-refractivity contribution is 7.16. The fourth-order valence-electron chi connectivity index (χ4n) is 2.83. The highest BCUT2D eigenvalue weighted by atomic mass is 32.1. The molecule has 0 unspecified atom stereocenters. The molecule has 6 nitrogen and oxygen atoms in total. The molecule has 2 aromatic heterocycles. The Morgan fingerprint density at radius 2 is 2.04 bits per heavy atom. The molecular weight excluding hydrogens is 312 g/mol. The number of carbonyl (C=O) groups is 1. The summed E-state index contributed by atoms with van der Waals surface area (Å²) < 4.78 is 1.89. The van der Waals surface area contributed by atoms with E-state index in [1.54, 1.807) is 11.3 Å². The van der Waals surface area contributed by atoms with Crippen molar-refractivity contribution in [3.8, 4) is 0 Å². The van der Waals surface area contributed by atoms with Gasteiger partial charge >= 0.3 is 5.97 Å². The van der Waals surface area contributed by atoms with Crippen LogP contribution in [-0.2, 0) is 11.3 Å². The van der Waals surface area contributed by atoms with E-state index in [9.17, 15) is 9.90 Å². The third-order valence-corrected chi connectivity index (χ3v) is 5.36. The van der Waals surface area contributed by atoms with E-state index in [-0.39, 0.29) is 0 Å². The number of nitrogens with one attached hydrogen (secondary N) is 1. The van der Waals surface area contributed by atoms with Crippen molar-refractivity contribution in [2.24, 2.45) is 5.41 Å². The molecule has 128 valence electrons. The number of aromatic nitrogens is 3. The fourth-order valence-corrected chi connectivity index (χ4v) is 3.60. The van der Waals surface area contributed by atoms with Crippen molar-refractivity contribution in [1.82, 2.24) is 19.9 Å². The number of hydrogen-bond acceptors (Lipinski definition) is 5. The van der Waals surface area contributed by atoms with Gasteiger partial charge in [-0.1, -0.05) is 39.0 Å². The minimum atomic E-state index is -0.734. The van der Waals surface area contributed by atoms with Gasteiger partial charge in [0.15, 0.2) is 0 Å². The summed E-state index contributed by atoms with van der Waals surface area (Å²) in [5, 5.41) is 18.4. The summed E-state index contributed by atoms with van der Waals surface area (Å²) in [7, 11) is 0. The van der Waals surface area contributed by atoms with Crippen LogP contribution in [0, 0.1) is 12.3 Å². The van der Waals surface area contributed by atoms with E-state index in [4.69, 9.17) is 0 Å². The van der Waals surface area contributed by atoms with E-state index < -0.39 is 11.4 Å². The van der Waals surface area contributed by atoms with Crippen LogP contribution in [0.4, 0.5) is 0 Å². The maximum Gasteiger partial charge on any atom is 0.310 e. The first kappa shape index (κ1) is 17.9. The van der Waals surface area contributed by atoms with Crippen LogP contribution >= 0.6 is 11.3 Å². The molecule has 7 heteroatoms. The molecular formula is C16H26N4O2S. The molecule has 0 radical (unpaired) electrons. The van der Waals surface area contributed by atoms with E-state index in [0.29, 0.717) is 31.8 Å². The van der Waals surface area contributed by atoms with Crippen LogP contribution in [-0.4, -0.2) is 32.2 Å². The largest absolute Gasteiger partial charge is 0.481 e. The topological polar surface area (TPSA) is 79.5 Å². The Morgan fingerprint density at radius 1 is 1.39 bits per heavy atom. The van der Waals surface area contributed by atoms with E-state index in [1.807, 2.05) is 25.3 Å². The lowest BCUT2D eigenvalue weighted by atomic mass is 9.82. The first-order valence-corrected chi connectivity index (χ1v) is 8.95. The lowest BCUT2D eigenvalue weighted by Crippen LogP contribution is -2.40. The Bertz CT molecular complexity index is 686. The van der Waals surface area contributed by atoms with Gasteiger partial charge in [-0.25, -0.2) is 9.50 Å². The number of carboxylic acid groups (broad SMARTS) is 1. The van der Waals surface area contributed by atoms with Gasteiger partial charge in [-0.2, -0.15) is 5.10 Å². The number of rotatable bonds is 8. The number of carboxylic acids is 1. The van der Waals surface area contributed by atoms with Crippen molar-refractivity contribution in [3.05, 3.63) is 16.4 Å². The molecule has 2 rings (SSSR count). The Labute approximate surface area is 140 Å². The molecule has 0 aliphatic heterocycles. The van der Waals surface area contributed by atoms with Crippen molar-refractivity contribution in [1.29, 1.82) is 0 Å². The second-order valence-electron chi connectivity index (χ2n) is 6.31. The maximum absolute atomic E-state index is 11.6. The Kier molecular flexibility index (Phi) is 5.41. The molecule has 2 N–H and O–H groups in total. The number of aliphatic carboxylic acids is 1. The van der Waals surface area contributed by atoms with E-state index >= 15 is 0 Å². The van der Waals surface area contributed by atoms with Crippen molar-refractivity contribution in [3.63, 3.8) is 0 Å². The Morgan fingerprint density at radius 3 is 2.57 bits per heavy atom. The zero-order chi connectivity index (χ0) is 17.2. The van der Waals surface area contributed by atoms with Crippen LogP contribution < -0.4 is 5.32 Å². The molecule has 0 saturated carbocycles. The number of hydrogen-bond donors (Lipinski definition) is 2. The molecule has 0 atom stereocenters. The first-order valence-electron chi connectivity index (χ1n) is 8.13. The minimum Gasteiger partial charge on any atom is -0.481 e. The van der Waals surface area contributed by atoms with Gasteiger partial charge in [-0.3, -0.25) is 4.79 Å². The Balaban J connectivity index is 2.21. The standard InChI is InChI=1S/C16H26N4O2S/c1-6-16(7-2,14(21)22)9-17-8-12-13(10(3)4)18-15-20(12)19-11(5)23-15/h10,17H,6-9H2,1-5H3,(H,21,22). The molecule has 0 aliphatic carbocycles. The molecule has 2 heterocycles. The summed E-state index contributed by atoms with van der Waals surface area (Å²) in [5.41, 5.74) is 1.36. The molecule has 0 aliphatic rings. The van der Waals surface area contributed by atoms with Gasteiger partial charge in [0.1, 0.15) is 5.01 Å². The molecule has 0 amide bonds. The molecule has 23 heavy (non-hydrogen) atoms. The van der Waals surface area contributed by atoms with Crippen LogP contribution in [0.2, 0.25) is 0 Å². The normalized spacial score (nSPS) is 12.4. The lowest BCUT2D eigenvalue weighted by molar-refractivity contribution is -0.149. The smallest absolute Gasteiger partial charge is 0.310 e. The summed E-state index contributed by atoms with van der Waals surface area (Å²) in [6.07, 6.45) is 1.22. The van der Waals surface area contributed by atoms with Crippen molar-refractivity contribution in [2.45, 2.75) is 59.9 Å². The second-order valence-corrected chi connectivity index (χ2v) is 7.47. The Hall–Kier alpha value is -1.47. The maximum atomic E-state index is 11.6. The summed E-state index contributed by atoms with van der Waals surface area (Å²) >= 11 is 1.58. The zero-order valence-corrected chi connectivity index (χ0v) is 15.3. The highest BCUT2D eigenvalue weighted by Crippen LogP contribution is 2.27. The summed E-state index contributed by atoms with van der Waals surface area (Å²) in [5.74, 6) is -0.426. The summed E-state index contributed by atoms with van der Waals surface area (Å²) in [6.45, 7) is 11.1. The number of aryl methyl sites for hydroxylation is 1. The van der Waals surface area contributed by atoms with Crippen LogP contribution in [0.25, 0.3) is 4.96 Å². The van der Waals surface area contributed by atoms with Gasteiger partial charge in [-0.05, 0) is 25.7 Å². The summed E-state index contributed by atoms with van der Waals surface area (Å²) in [6, 6.07) is 0. The van der Waals surface area contributed by atoms with Crippen molar-refractivity contribution >= 4 is 22.3 Å². The van der Waals surface area contributed by atoms with Crippen LogP contribution in [0.15, 0.2) is 0 Å². The van der Waals surface area contributed by atoms with Crippen LogP contribution in [0.5, 0.6) is 0 Å². The quantitative estimate of drug-likeness (QED) is 0.772. The minimum absolute atomic E-state index is 0.308. The lowest BCUT2D eigenvalue weighted by Gasteiger charge is -2.27. The predicted molar refractivity (Wildman–Crippen MR) is 92.0 cm³/mol. The first-order chi connectivity index (χ1) is 10.8. The molecule has 0 fully saturated rings. The molecule has 0 bridgehead atoms. The fraction of sp³-hybridized carbons (Fsp3) is 0.688. The zero-order valence-electron chi connectivity index (χ0n) is 14.5. The van der Waals surface area contributed by atoms with Crippen LogP contribution in [0.1, 0.15) is 62.8 Å². The number of fused-ring (bicyclic) bond motifs is 1. The van der Waals surface area contributed by atoms with E-state index in [2.05, 4.69) is 29.2 Å². The average molecular weight is 338 g/mol. The number of nitrogens with zero attached hydrogens (tertiary/aromatic N) is 3. The third kappa shape index (κ3) is 3.40. The average Bonchev–Trinajstić information content (AvgIpc) is 3.00. The second kappa shape index (κ2) is 6.97. The van der Waals surface area contributed by atoms with Crippen molar-refractivity contribution < 1.29 is 9.90 Å². The van der Waals surface area contributed by atoms with Crippen molar-refractivity contribution in [2.75, 3.05) is 6.54 Å². The van der Waals surface area contributed by atoms with E-state index in [0.717, 1.165) is 21.4 Å². The van der Waals surface area contributed by atoms with Gasteiger partial charge in [0.25, 0.3) is 0 Å². The van der Waals surface area contributed by atoms with Crippen LogP contribution in [0.3, 0.4) is 0 Å². The van der Waals surface area contributed by atoms with Gasteiger partial charge in [-0.15, -0.1) is 0 Å². The monoisotopic (exact) mass is 338 g/mol. The third-order valence-electron chi connectivity index (χ3n) is 4.54. The molecule has 0 aromatic carbocycles. The summed E-state index contributed by atoms with van der Waals surface area (Å²) in [4.78, 5) is 17.2. The van der Waals surface area contributed by atoms with Gasteiger partial charge in [0.05, 0.1) is 16.8 Å². The predicted octanol–water partition coefficient (Wildman–Crippen LogP) is 3.20. The highest BCUT2D eigenvalue weighted by Gasteiger charge is 2.34. The molecule has 0 spiro atoms. The van der Waals surface area contributed by atoms with Gasteiger partial charge in [0, 0.05) is 13.1 Å². The van der Waals surface area contributed by atoms with Gasteiger partial charge < -0.3 is 10.4 Å². The van der Waals surface area contributed by atoms with E-state index in [1.165, 1.54) is 0 Å². The number of imidazole rings is 1.